The predicted molar refractivity (Wildman–Crippen MR) is 70.3 cm³/mol. The molecular weight excluding hydrogens is 252 g/mol. The van der Waals surface area contributed by atoms with E-state index < -0.39 is 5.41 Å². The second-order valence-corrected chi connectivity index (χ2v) is 5.53. The van der Waals surface area contributed by atoms with E-state index in [1.165, 1.54) is 0 Å². The summed E-state index contributed by atoms with van der Waals surface area (Å²) in [4.78, 5) is 13.5. The average Bonchev–Trinajstić information content (AvgIpc) is 2.67. The number of primary amides is 1. The molecule has 0 aliphatic carbocycles. The van der Waals surface area contributed by atoms with Gasteiger partial charge in [-0.25, -0.2) is 0 Å². The molecule has 1 fully saturated rings. The van der Waals surface area contributed by atoms with Crippen LogP contribution in [0.3, 0.4) is 0 Å². The Morgan fingerprint density at radius 3 is 2.89 bits per heavy atom. The predicted octanol–water partition coefficient (Wildman–Crippen LogP) is 1.74. The molecular formula is C13H17ClN2O2. The van der Waals surface area contributed by atoms with Crippen LogP contribution in [-0.2, 0) is 11.3 Å². The fourth-order valence-electron chi connectivity index (χ4n) is 2.32. The van der Waals surface area contributed by atoms with Crippen molar-refractivity contribution >= 4 is 17.5 Å². The van der Waals surface area contributed by atoms with Crippen molar-refractivity contribution in [2.24, 2.45) is 11.1 Å². The smallest absolute Gasteiger partial charge is 0.224 e. The number of carbonyl (C=O) groups excluding carboxylic acids is 1. The van der Waals surface area contributed by atoms with Gasteiger partial charge in [0.2, 0.25) is 5.91 Å². The molecule has 0 aromatic heterocycles. The molecule has 1 aliphatic rings. The van der Waals surface area contributed by atoms with Crippen LogP contribution in [0.25, 0.3) is 0 Å². The number of hydrogen-bond acceptors (Lipinski definition) is 3. The Bertz CT molecular complexity index is 458. The van der Waals surface area contributed by atoms with E-state index in [9.17, 15) is 9.90 Å². The molecule has 0 spiro atoms. The first-order valence-corrected chi connectivity index (χ1v) is 6.29. The minimum absolute atomic E-state index is 0.190. The van der Waals surface area contributed by atoms with Crippen molar-refractivity contribution in [3.8, 4) is 5.75 Å². The lowest BCUT2D eigenvalue weighted by atomic mass is 9.89. The number of phenols is 1. The van der Waals surface area contributed by atoms with E-state index in [1.807, 2.05) is 6.92 Å². The first-order chi connectivity index (χ1) is 8.42. The summed E-state index contributed by atoms with van der Waals surface area (Å²) in [6.45, 7) is 3.80. The number of likely N-dealkylation sites (tertiary alicyclic amines) is 1. The molecule has 4 nitrogen and oxygen atoms in total. The molecule has 98 valence electrons. The van der Waals surface area contributed by atoms with Gasteiger partial charge in [-0.15, -0.1) is 0 Å². The zero-order valence-electron chi connectivity index (χ0n) is 10.3. The highest BCUT2D eigenvalue weighted by Gasteiger charge is 2.38. The second kappa shape index (κ2) is 4.78. The molecule has 1 heterocycles. The fraction of sp³-hybridized carbons (Fsp3) is 0.462. The highest BCUT2D eigenvalue weighted by atomic mass is 35.5. The Morgan fingerprint density at radius 2 is 2.33 bits per heavy atom. The first-order valence-electron chi connectivity index (χ1n) is 5.91. The van der Waals surface area contributed by atoms with Gasteiger partial charge in [-0.1, -0.05) is 17.7 Å². The molecule has 0 radical (unpaired) electrons. The van der Waals surface area contributed by atoms with Gasteiger partial charge in [0.05, 0.1) is 5.41 Å². The normalized spacial score (nSPS) is 24.3. The van der Waals surface area contributed by atoms with Crippen LogP contribution < -0.4 is 5.73 Å². The number of rotatable bonds is 3. The standard InChI is InChI=1S/C13H17ClN2O2/c1-13(12(15)18)5-6-16(8-13)7-9-10(14)3-2-4-11(9)17/h2-4,17H,5-8H2,1H3,(H2,15,18). The summed E-state index contributed by atoms with van der Waals surface area (Å²) < 4.78 is 0. The number of aromatic hydroxyl groups is 1. The third kappa shape index (κ3) is 2.44. The van der Waals surface area contributed by atoms with Crippen LogP contribution in [-0.4, -0.2) is 29.0 Å². The molecule has 1 aromatic carbocycles. The van der Waals surface area contributed by atoms with E-state index >= 15 is 0 Å². The van der Waals surface area contributed by atoms with Crippen LogP contribution in [0.5, 0.6) is 5.75 Å². The Labute approximate surface area is 111 Å². The van der Waals surface area contributed by atoms with Gasteiger partial charge in [-0.05, 0) is 32.0 Å². The number of phenolic OH excluding ortho intramolecular Hbond substituents is 1. The van der Waals surface area contributed by atoms with Crippen molar-refractivity contribution in [3.63, 3.8) is 0 Å². The van der Waals surface area contributed by atoms with Gasteiger partial charge in [0, 0.05) is 23.7 Å². The van der Waals surface area contributed by atoms with Gasteiger partial charge < -0.3 is 10.8 Å². The monoisotopic (exact) mass is 268 g/mol. The Hall–Kier alpha value is -1.26. The molecule has 1 saturated heterocycles. The number of nitrogens with zero attached hydrogens (tertiary/aromatic N) is 1. The number of nitrogens with two attached hydrogens (primary N) is 1. The van der Waals surface area contributed by atoms with Crippen LogP contribution in [0, 0.1) is 5.41 Å². The number of hydrogen-bond donors (Lipinski definition) is 2. The molecule has 1 aromatic rings. The van der Waals surface area contributed by atoms with Crippen molar-refractivity contribution < 1.29 is 9.90 Å². The SMILES string of the molecule is CC1(C(N)=O)CCN(Cc2c(O)cccc2Cl)C1. The quantitative estimate of drug-likeness (QED) is 0.878. The summed E-state index contributed by atoms with van der Waals surface area (Å²) in [5.41, 5.74) is 5.63. The van der Waals surface area contributed by atoms with E-state index in [0.717, 1.165) is 13.0 Å². The minimum Gasteiger partial charge on any atom is -0.508 e. The van der Waals surface area contributed by atoms with E-state index in [1.54, 1.807) is 18.2 Å². The molecule has 5 heteroatoms. The lowest BCUT2D eigenvalue weighted by molar-refractivity contribution is -0.126. The molecule has 3 N–H and O–H groups in total. The summed E-state index contributed by atoms with van der Waals surface area (Å²) in [5.74, 6) is -0.0800. The van der Waals surface area contributed by atoms with Crippen LogP contribution in [0.15, 0.2) is 18.2 Å². The molecule has 2 rings (SSSR count). The molecule has 1 amide bonds. The molecule has 18 heavy (non-hydrogen) atoms. The minimum atomic E-state index is -0.475. The molecule has 1 unspecified atom stereocenters. The summed E-state index contributed by atoms with van der Waals surface area (Å²) in [6, 6.07) is 5.07. The number of halogens is 1. The number of benzene rings is 1. The Kier molecular flexibility index (Phi) is 3.50. The van der Waals surface area contributed by atoms with Gasteiger partial charge in [-0.2, -0.15) is 0 Å². The third-order valence-corrected chi connectivity index (χ3v) is 3.98. The van der Waals surface area contributed by atoms with Gasteiger partial charge in [0.25, 0.3) is 0 Å². The maximum Gasteiger partial charge on any atom is 0.224 e. The Balaban J connectivity index is 2.11. The zero-order valence-corrected chi connectivity index (χ0v) is 11.1. The zero-order chi connectivity index (χ0) is 13.3. The number of amides is 1. The number of carbonyl (C=O) groups is 1. The molecule has 0 bridgehead atoms. The van der Waals surface area contributed by atoms with Crippen molar-refractivity contribution in [2.45, 2.75) is 19.9 Å². The van der Waals surface area contributed by atoms with Gasteiger partial charge in [0.1, 0.15) is 5.75 Å². The summed E-state index contributed by atoms with van der Waals surface area (Å²) in [6.07, 6.45) is 0.744. The Morgan fingerprint density at radius 1 is 1.61 bits per heavy atom. The van der Waals surface area contributed by atoms with E-state index in [-0.39, 0.29) is 11.7 Å². The lowest BCUT2D eigenvalue weighted by Gasteiger charge is -2.21. The van der Waals surface area contributed by atoms with Gasteiger partial charge in [0.15, 0.2) is 0 Å². The highest BCUT2D eigenvalue weighted by Crippen LogP contribution is 2.33. The van der Waals surface area contributed by atoms with Crippen LogP contribution >= 0.6 is 11.6 Å². The van der Waals surface area contributed by atoms with Gasteiger partial charge >= 0.3 is 0 Å². The first kappa shape index (κ1) is 13.2. The van der Waals surface area contributed by atoms with Crippen molar-refractivity contribution in [1.82, 2.24) is 4.90 Å². The van der Waals surface area contributed by atoms with Gasteiger partial charge in [-0.3, -0.25) is 9.69 Å². The summed E-state index contributed by atoms with van der Waals surface area (Å²) in [5, 5.41) is 10.3. The molecule has 0 saturated carbocycles. The topological polar surface area (TPSA) is 66.6 Å². The fourth-order valence-corrected chi connectivity index (χ4v) is 2.55. The van der Waals surface area contributed by atoms with Crippen molar-refractivity contribution in [2.75, 3.05) is 13.1 Å². The average molecular weight is 269 g/mol. The summed E-state index contributed by atoms with van der Waals surface area (Å²) >= 11 is 6.06. The van der Waals surface area contributed by atoms with Crippen molar-refractivity contribution in [3.05, 3.63) is 28.8 Å². The largest absolute Gasteiger partial charge is 0.508 e. The molecule has 1 aliphatic heterocycles. The maximum atomic E-state index is 11.4. The van der Waals surface area contributed by atoms with Crippen LogP contribution in [0.4, 0.5) is 0 Å². The maximum absolute atomic E-state index is 11.4. The van der Waals surface area contributed by atoms with Crippen LogP contribution in [0.1, 0.15) is 18.9 Å². The molecule has 1 atom stereocenters. The highest BCUT2D eigenvalue weighted by molar-refractivity contribution is 6.31. The second-order valence-electron chi connectivity index (χ2n) is 5.12. The van der Waals surface area contributed by atoms with E-state index in [4.69, 9.17) is 17.3 Å². The lowest BCUT2D eigenvalue weighted by Crippen LogP contribution is -2.36. The van der Waals surface area contributed by atoms with E-state index in [2.05, 4.69) is 4.90 Å². The summed E-state index contributed by atoms with van der Waals surface area (Å²) in [7, 11) is 0. The third-order valence-electron chi connectivity index (χ3n) is 3.62. The van der Waals surface area contributed by atoms with Crippen molar-refractivity contribution in [1.29, 1.82) is 0 Å². The van der Waals surface area contributed by atoms with Crippen LogP contribution in [0.2, 0.25) is 5.02 Å². The van der Waals surface area contributed by atoms with E-state index in [0.29, 0.717) is 23.7 Å².